The molecule has 0 atom stereocenters. The van der Waals surface area contributed by atoms with Gasteiger partial charge in [0.15, 0.2) is 0 Å². The van der Waals surface area contributed by atoms with Crippen molar-refractivity contribution in [3.63, 3.8) is 0 Å². The molecule has 170 valence electrons. The van der Waals surface area contributed by atoms with E-state index in [4.69, 9.17) is 4.74 Å². The van der Waals surface area contributed by atoms with Crippen LogP contribution >= 0.6 is 0 Å². The number of anilines is 1. The summed E-state index contributed by atoms with van der Waals surface area (Å²) in [4.78, 5) is 12.3. The van der Waals surface area contributed by atoms with E-state index in [0.717, 1.165) is 0 Å². The first-order valence-electron chi connectivity index (χ1n) is 9.76. The van der Waals surface area contributed by atoms with Gasteiger partial charge in [0.05, 0.1) is 9.79 Å². The monoisotopic (exact) mass is 469 g/mol. The molecule has 2 aromatic carbocycles. The second-order valence-corrected chi connectivity index (χ2v) is 10.0. The van der Waals surface area contributed by atoms with Crippen LogP contribution in [0.3, 0.4) is 0 Å². The molecule has 9 nitrogen and oxygen atoms in total. The molecule has 0 aliphatic heterocycles. The number of ether oxygens (including phenoxy) is 1. The predicted molar refractivity (Wildman–Crippen MR) is 118 cm³/mol. The predicted octanol–water partition coefficient (Wildman–Crippen LogP) is 1.70. The first kappa shape index (κ1) is 25.0. The number of rotatable bonds is 13. The van der Waals surface area contributed by atoms with Gasteiger partial charge in [-0.3, -0.25) is 4.79 Å². The fraction of sp³-hybridized carbons (Fsp3) is 0.350. The van der Waals surface area contributed by atoms with Crippen LogP contribution in [0.5, 0.6) is 0 Å². The SMILES string of the molecule is CCOCCCNS(=O)(=O)c1ccc(NC(=O)CCNS(=O)(=O)c2ccccc2)cc1. The van der Waals surface area contributed by atoms with Gasteiger partial charge in [0.25, 0.3) is 0 Å². The first-order chi connectivity index (χ1) is 14.7. The van der Waals surface area contributed by atoms with Crippen molar-refractivity contribution in [3.8, 4) is 0 Å². The third-order valence-corrected chi connectivity index (χ3v) is 7.06. The first-order valence-corrected chi connectivity index (χ1v) is 12.7. The molecule has 0 radical (unpaired) electrons. The third-order valence-electron chi connectivity index (χ3n) is 4.11. The van der Waals surface area contributed by atoms with Crippen LogP contribution in [-0.2, 0) is 29.6 Å². The number of benzene rings is 2. The molecule has 0 aliphatic rings. The van der Waals surface area contributed by atoms with Gasteiger partial charge >= 0.3 is 0 Å². The molecule has 0 aromatic heterocycles. The molecule has 2 aromatic rings. The minimum absolute atomic E-state index is 0.0683. The van der Waals surface area contributed by atoms with Crippen molar-refractivity contribution >= 4 is 31.6 Å². The number of carbonyl (C=O) groups is 1. The van der Waals surface area contributed by atoms with Crippen LogP contribution in [0.1, 0.15) is 19.8 Å². The lowest BCUT2D eigenvalue weighted by molar-refractivity contribution is -0.116. The van der Waals surface area contributed by atoms with Crippen molar-refractivity contribution in [1.29, 1.82) is 0 Å². The second-order valence-electron chi connectivity index (χ2n) is 6.48. The summed E-state index contributed by atoms with van der Waals surface area (Å²) in [6, 6.07) is 13.6. The Labute approximate surface area is 183 Å². The molecule has 0 aliphatic carbocycles. The summed E-state index contributed by atoms with van der Waals surface area (Å²) >= 11 is 0. The van der Waals surface area contributed by atoms with Crippen molar-refractivity contribution in [3.05, 3.63) is 54.6 Å². The number of nitrogens with one attached hydrogen (secondary N) is 3. The molecule has 0 fully saturated rings. The highest BCUT2D eigenvalue weighted by molar-refractivity contribution is 7.89. The molecule has 0 saturated heterocycles. The standard InChI is InChI=1S/C20H27N3O6S2/c1-2-29-16-6-14-21-31(27,28)19-11-9-17(10-12-19)23-20(24)13-15-22-30(25,26)18-7-4-3-5-8-18/h3-5,7-12,21-22H,2,6,13-16H2,1H3,(H,23,24). The normalized spacial score (nSPS) is 11.9. The molecule has 1 amide bonds. The Bertz CT molecular complexity index is 1040. The summed E-state index contributed by atoms with van der Waals surface area (Å²) in [5, 5.41) is 2.61. The number of sulfonamides is 2. The van der Waals surface area contributed by atoms with E-state index in [1.165, 1.54) is 36.4 Å². The summed E-state index contributed by atoms with van der Waals surface area (Å²) in [5.74, 6) is -0.402. The zero-order chi connectivity index (χ0) is 22.7. The largest absolute Gasteiger partial charge is 0.382 e. The highest BCUT2D eigenvalue weighted by Crippen LogP contribution is 2.14. The Morgan fingerprint density at radius 1 is 0.839 bits per heavy atom. The van der Waals surface area contributed by atoms with Crippen LogP contribution in [-0.4, -0.2) is 49.0 Å². The van der Waals surface area contributed by atoms with Gasteiger partial charge in [0.2, 0.25) is 26.0 Å². The van der Waals surface area contributed by atoms with Crippen molar-refractivity contribution in [2.75, 3.05) is 31.6 Å². The summed E-state index contributed by atoms with van der Waals surface area (Å²) in [7, 11) is -7.32. The lowest BCUT2D eigenvalue weighted by Crippen LogP contribution is -2.27. The minimum atomic E-state index is -3.68. The summed E-state index contributed by atoms with van der Waals surface area (Å²) in [6.45, 7) is 3.12. The smallest absolute Gasteiger partial charge is 0.240 e. The maximum Gasteiger partial charge on any atom is 0.240 e. The Balaban J connectivity index is 1.81. The Hall–Kier alpha value is -2.31. The molecule has 0 heterocycles. The van der Waals surface area contributed by atoms with Crippen molar-refractivity contribution < 1.29 is 26.4 Å². The van der Waals surface area contributed by atoms with E-state index in [-0.39, 0.29) is 29.3 Å². The quantitative estimate of drug-likeness (QED) is 0.383. The van der Waals surface area contributed by atoms with E-state index < -0.39 is 26.0 Å². The zero-order valence-electron chi connectivity index (χ0n) is 17.2. The molecule has 31 heavy (non-hydrogen) atoms. The summed E-state index contributed by atoms with van der Waals surface area (Å²) in [5.41, 5.74) is 0.409. The average Bonchev–Trinajstić information content (AvgIpc) is 2.74. The molecule has 0 saturated carbocycles. The average molecular weight is 470 g/mol. The zero-order valence-corrected chi connectivity index (χ0v) is 18.8. The molecular weight excluding hydrogens is 442 g/mol. The van der Waals surface area contributed by atoms with Gasteiger partial charge in [0, 0.05) is 38.4 Å². The van der Waals surface area contributed by atoms with E-state index in [0.29, 0.717) is 25.3 Å². The number of carbonyl (C=O) groups excluding carboxylic acids is 1. The number of amides is 1. The Kier molecular flexibility index (Phi) is 9.59. The van der Waals surface area contributed by atoms with Gasteiger partial charge in [-0.05, 0) is 49.7 Å². The maximum absolute atomic E-state index is 12.2. The lowest BCUT2D eigenvalue weighted by atomic mass is 10.3. The van der Waals surface area contributed by atoms with E-state index in [9.17, 15) is 21.6 Å². The minimum Gasteiger partial charge on any atom is -0.382 e. The maximum atomic E-state index is 12.2. The molecule has 0 bridgehead atoms. The number of hydrogen-bond donors (Lipinski definition) is 3. The highest BCUT2D eigenvalue weighted by Gasteiger charge is 2.15. The van der Waals surface area contributed by atoms with Crippen LogP contribution in [0.2, 0.25) is 0 Å². The van der Waals surface area contributed by atoms with Gasteiger partial charge in [-0.2, -0.15) is 0 Å². The summed E-state index contributed by atoms with van der Waals surface area (Å²) in [6.07, 6.45) is 0.489. The summed E-state index contributed by atoms with van der Waals surface area (Å²) < 4.78 is 58.7. The topological polar surface area (TPSA) is 131 Å². The van der Waals surface area contributed by atoms with Crippen molar-refractivity contribution in [2.24, 2.45) is 0 Å². The molecule has 0 unspecified atom stereocenters. The lowest BCUT2D eigenvalue weighted by Gasteiger charge is -2.09. The van der Waals surface area contributed by atoms with Crippen LogP contribution < -0.4 is 14.8 Å². The van der Waals surface area contributed by atoms with Crippen molar-refractivity contribution in [2.45, 2.75) is 29.6 Å². The Morgan fingerprint density at radius 3 is 2.03 bits per heavy atom. The fourth-order valence-electron chi connectivity index (χ4n) is 2.53. The number of hydrogen-bond acceptors (Lipinski definition) is 6. The molecule has 3 N–H and O–H groups in total. The molecule has 0 spiro atoms. The Morgan fingerprint density at radius 2 is 1.42 bits per heavy atom. The highest BCUT2D eigenvalue weighted by atomic mass is 32.2. The van der Waals surface area contributed by atoms with E-state index in [1.807, 2.05) is 6.92 Å². The molecule has 11 heteroatoms. The van der Waals surface area contributed by atoms with Gasteiger partial charge < -0.3 is 10.1 Å². The van der Waals surface area contributed by atoms with E-state index in [2.05, 4.69) is 14.8 Å². The molecule has 2 rings (SSSR count). The van der Waals surface area contributed by atoms with Gasteiger partial charge in [-0.1, -0.05) is 18.2 Å². The van der Waals surface area contributed by atoms with Crippen molar-refractivity contribution in [1.82, 2.24) is 9.44 Å². The third kappa shape index (κ3) is 8.38. The van der Waals surface area contributed by atoms with Crippen LogP contribution in [0.15, 0.2) is 64.4 Å². The van der Waals surface area contributed by atoms with E-state index in [1.54, 1.807) is 18.2 Å². The van der Waals surface area contributed by atoms with Gasteiger partial charge in [-0.25, -0.2) is 26.3 Å². The van der Waals surface area contributed by atoms with E-state index >= 15 is 0 Å². The van der Waals surface area contributed by atoms with Gasteiger partial charge in [0.1, 0.15) is 0 Å². The van der Waals surface area contributed by atoms with Crippen LogP contribution in [0.4, 0.5) is 5.69 Å². The van der Waals surface area contributed by atoms with Crippen LogP contribution in [0, 0.1) is 0 Å². The fourth-order valence-corrected chi connectivity index (χ4v) is 4.66. The molecular formula is C20H27N3O6S2. The van der Waals surface area contributed by atoms with Crippen LogP contribution in [0.25, 0.3) is 0 Å². The van der Waals surface area contributed by atoms with Gasteiger partial charge in [-0.15, -0.1) is 0 Å². The second kappa shape index (κ2) is 11.9.